The van der Waals surface area contributed by atoms with Crippen LogP contribution in [0, 0.1) is 18.3 Å². The highest BCUT2D eigenvalue weighted by Gasteiger charge is 2.14. The van der Waals surface area contributed by atoms with Crippen molar-refractivity contribution in [3.63, 3.8) is 0 Å². The first kappa shape index (κ1) is 14.5. The molecule has 3 rings (SSSR count). The van der Waals surface area contributed by atoms with Gasteiger partial charge in [-0.15, -0.1) is 0 Å². The van der Waals surface area contributed by atoms with Gasteiger partial charge in [-0.1, -0.05) is 11.6 Å². The molecule has 0 atom stereocenters. The Kier molecular flexibility index (Phi) is 3.79. The smallest absolute Gasteiger partial charge is 0.121 e. The second-order valence-electron chi connectivity index (χ2n) is 5.19. The number of rotatable bonds is 3. The van der Waals surface area contributed by atoms with E-state index in [2.05, 4.69) is 17.1 Å². The van der Waals surface area contributed by atoms with Crippen molar-refractivity contribution >= 4 is 22.5 Å². The van der Waals surface area contributed by atoms with E-state index in [1.165, 1.54) is 0 Å². The van der Waals surface area contributed by atoms with E-state index < -0.39 is 0 Å². The Hall–Kier alpha value is -2.44. The van der Waals surface area contributed by atoms with E-state index in [0.29, 0.717) is 11.4 Å². The van der Waals surface area contributed by atoms with Crippen LogP contribution in [-0.2, 0) is 6.42 Å². The molecule has 0 aliphatic rings. The van der Waals surface area contributed by atoms with Crippen LogP contribution in [0.1, 0.15) is 11.1 Å². The van der Waals surface area contributed by atoms with Gasteiger partial charge < -0.3 is 9.72 Å². The Balaban J connectivity index is 2.24. The third-order valence-corrected chi connectivity index (χ3v) is 4.04. The number of aromatic amines is 1. The summed E-state index contributed by atoms with van der Waals surface area (Å²) in [6.07, 6.45) is 0.334. The normalized spacial score (nSPS) is 10.6. The number of benzene rings is 2. The van der Waals surface area contributed by atoms with Gasteiger partial charge in [-0.25, -0.2) is 0 Å². The molecule has 0 saturated heterocycles. The zero-order chi connectivity index (χ0) is 15.7. The highest BCUT2D eigenvalue weighted by Crippen LogP contribution is 2.34. The van der Waals surface area contributed by atoms with Crippen LogP contribution < -0.4 is 4.74 Å². The van der Waals surface area contributed by atoms with Gasteiger partial charge in [-0.05, 0) is 60.0 Å². The molecule has 0 amide bonds. The molecule has 2 aromatic carbocycles. The Labute approximate surface area is 134 Å². The number of aromatic nitrogens is 1. The minimum atomic E-state index is 0.334. The van der Waals surface area contributed by atoms with Crippen LogP contribution in [0.15, 0.2) is 36.4 Å². The van der Waals surface area contributed by atoms with Gasteiger partial charge in [-0.2, -0.15) is 5.26 Å². The number of ether oxygens (including phenoxy) is 1. The van der Waals surface area contributed by atoms with E-state index in [4.69, 9.17) is 21.6 Å². The fourth-order valence-corrected chi connectivity index (χ4v) is 2.94. The van der Waals surface area contributed by atoms with Crippen molar-refractivity contribution in [2.45, 2.75) is 13.3 Å². The molecular weight excluding hydrogens is 296 g/mol. The Morgan fingerprint density at radius 3 is 2.73 bits per heavy atom. The fourth-order valence-electron chi connectivity index (χ4n) is 2.76. The van der Waals surface area contributed by atoms with Crippen LogP contribution in [0.3, 0.4) is 0 Å². The van der Waals surface area contributed by atoms with Crippen LogP contribution in [-0.4, -0.2) is 12.1 Å². The lowest BCUT2D eigenvalue weighted by atomic mass is 10.0. The number of aryl methyl sites for hydroxylation is 1. The average Bonchev–Trinajstić information content (AvgIpc) is 2.86. The molecule has 1 aromatic heterocycles. The van der Waals surface area contributed by atoms with Crippen molar-refractivity contribution in [2.75, 3.05) is 7.11 Å². The van der Waals surface area contributed by atoms with Gasteiger partial charge in [0.05, 0.1) is 25.3 Å². The Morgan fingerprint density at radius 2 is 2.05 bits per heavy atom. The maximum Gasteiger partial charge on any atom is 0.121 e. The molecule has 0 bridgehead atoms. The number of nitrogens with one attached hydrogen (secondary N) is 1. The highest BCUT2D eigenvalue weighted by molar-refractivity contribution is 6.31. The summed E-state index contributed by atoms with van der Waals surface area (Å²) in [5, 5.41) is 10.8. The summed E-state index contributed by atoms with van der Waals surface area (Å²) in [5.41, 5.74) is 5.02. The average molecular weight is 311 g/mol. The monoisotopic (exact) mass is 310 g/mol. The Morgan fingerprint density at radius 1 is 1.23 bits per heavy atom. The molecule has 1 N–H and O–H groups in total. The van der Waals surface area contributed by atoms with Crippen molar-refractivity contribution in [3.05, 3.63) is 52.5 Å². The van der Waals surface area contributed by atoms with Gasteiger partial charge in [0.2, 0.25) is 0 Å². The summed E-state index contributed by atoms with van der Waals surface area (Å²) >= 11 is 6.10. The number of fused-ring (bicyclic) bond motifs is 1. The number of hydrogen-bond acceptors (Lipinski definition) is 2. The summed E-state index contributed by atoms with van der Waals surface area (Å²) in [4.78, 5) is 3.41. The molecular formula is C18H15ClN2O. The molecule has 0 saturated carbocycles. The van der Waals surface area contributed by atoms with Crippen molar-refractivity contribution in [1.82, 2.24) is 4.98 Å². The summed E-state index contributed by atoms with van der Waals surface area (Å²) in [7, 11) is 1.66. The number of nitrogens with zero attached hydrogens (tertiary/aromatic N) is 1. The van der Waals surface area contributed by atoms with Crippen LogP contribution >= 0.6 is 11.6 Å². The molecule has 4 heteroatoms. The molecule has 0 unspecified atom stereocenters. The first-order chi connectivity index (χ1) is 10.6. The lowest BCUT2D eigenvalue weighted by molar-refractivity contribution is 0.412. The number of nitriles is 1. The zero-order valence-corrected chi connectivity index (χ0v) is 13.2. The zero-order valence-electron chi connectivity index (χ0n) is 12.4. The molecule has 3 aromatic rings. The third kappa shape index (κ3) is 2.43. The Bertz CT molecular complexity index is 890. The molecule has 1 heterocycles. The van der Waals surface area contributed by atoms with E-state index >= 15 is 0 Å². The maximum atomic E-state index is 9.16. The minimum Gasteiger partial charge on any atom is -0.496 e. The lowest BCUT2D eigenvalue weighted by Crippen LogP contribution is -1.90. The summed E-state index contributed by atoms with van der Waals surface area (Å²) in [5.74, 6) is 0.852. The van der Waals surface area contributed by atoms with E-state index in [0.717, 1.165) is 39.0 Å². The quantitative estimate of drug-likeness (QED) is 0.750. The molecule has 0 aliphatic carbocycles. The van der Waals surface area contributed by atoms with Gasteiger partial charge in [0.15, 0.2) is 0 Å². The molecule has 3 nitrogen and oxygen atoms in total. The first-order valence-electron chi connectivity index (χ1n) is 6.96. The summed E-state index contributed by atoms with van der Waals surface area (Å²) in [6, 6.07) is 13.9. The van der Waals surface area contributed by atoms with Crippen molar-refractivity contribution in [1.29, 1.82) is 5.26 Å². The van der Waals surface area contributed by atoms with Crippen molar-refractivity contribution in [3.8, 4) is 23.1 Å². The number of methoxy groups -OCH3 is 1. The standard InChI is InChI=1S/C18H15ClN2O/c1-11-9-12(3-6-17(11)22-2)18-14(7-8-20)15-10-13(19)4-5-16(15)21-18/h3-6,9-10,21H,7H2,1-2H3. The molecule has 0 aliphatic heterocycles. The van der Waals surface area contributed by atoms with E-state index in [9.17, 15) is 0 Å². The molecule has 22 heavy (non-hydrogen) atoms. The molecule has 0 spiro atoms. The molecule has 110 valence electrons. The topological polar surface area (TPSA) is 48.8 Å². The second kappa shape index (κ2) is 5.75. The van der Waals surface area contributed by atoms with E-state index in [-0.39, 0.29) is 0 Å². The number of halogens is 1. The minimum absolute atomic E-state index is 0.334. The van der Waals surface area contributed by atoms with Gasteiger partial charge in [0, 0.05) is 15.9 Å². The third-order valence-electron chi connectivity index (χ3n) is 3.81. The first-order valence-corrected chi connectivity index (χ1v) is 7.34. The summed E-state index contributed by atoms with van der Waals surface area (Å²) < 4.78 is 5.31. The lowest BCUT2D eigenvalue weighted by Gasteiger charge is -2.07. The fraction of sp³-hybridized carbons (Fsp3) is 0.167. The molecule has 0 fully saturated rings. The number of H-pyrrole nitrogens is 1. The highest BCUT2D eigenvalue weighted by atomic mass is 35.5. The van der Waals surface area contributed by atoms with Gasteiger partial charge >= 0.3 is 0 Å². The van der Waals surface area contributed by atoms with Crippen LogP contribution in [0.5, 0.6) is 5.75 Å². The molecule has 0 radical (unpaired) electrons. The van der Waals surface area contributed by atoms with Crippen LogP contribution in [0.2, 0.25) is 5.02 Å². The largest absolute Gasteiger partial charge is 0.496 e. The predicted molar refractivity (Wildman–Crippen MR) is 89.4 cm³/mol. The predicted octanol–water partition coefficient (Wildman–Crippen LogP) is 4.87. The van der Waals surface area contributed by atoms with Crippen molar-refractivity contribution < 1.29 is 4.74 Å². The van der Waals surface area contributed by atoms with Crippen molar-refractivity contribution in [2.24, 2.45) is 0 Å². The number of hydrogen-bond donors (Lipinski definition) is 1. The van der Waals surface area contributed by atoms with Gasteiger partial charge in [0.1, 0.15) is 5.75 Å². The second-order valence-corrected chi connectivity index (χ2v) is 5.62. The van der Waals surface area contributed by atoms with Gasteiger partial charge in [-0.3, -0.25) is 0 Å². The van der Waals surface area contributed by atoms with Crippen LogP contribution in [0.25, 0.3) is 22.2 Å². The summed E-state index contributed by atoms with van der Waals surface area (Å²) in [6.45, 7) is 2.01. The van der Waals surface area contributed by atoms with E-state index in [1.807, 2.05) is 37.3 Å². The van der Waals surface area contributed by atoms with Crippen LogP contribution in [0.4, 0.5) is 0 Å². The maximum absolute atomic E-state index is 9.16. The SMILES string of the molecule is COc1ccc(-c2[nH]c3ccc(Cl)cc3c2CC#N)cc1C. The van der Waals surface area contributed by atoms with Gasteiger partial charge in [0.25, 0.3) is 0 Å². The van der Waals surface area contributed by atoms with E-state index in [1.54, 1.807) is 7.11 Å².